The molecule has 5 heteroatoms. The third-order valence-corrected chi connectivity index (χ3v) is 4.84. The van der Waals surface area contributed by atoms with Crippen LogP contribution in [-0.4, -0.2) is 49.1 Å². The molecular weight excluding hydrogens is 352 g/mol. The summed E-state index contributed by atoms with van der Waals surface area (Å²) >= 11 is 0. The molecule has 0 spiro atoms. The maximum absolute atomic E-state index is 12.6. The average molecular weight is 378 g/mol. The quantitative estimate of drug-likeness (QED) is 0.592. The van der Waals surface area contributed by atoms with E-state index in [-0.39, 0.29) is 5.91 Å². The standard InChI is InChI=1S/C23H26N2O3/c1-18-8-10-20(11-9-18)12-13-22(26)28-19(2)23(27)25-16-14-24(15-17-25)21-6-4-3-5-7-21/h3-13,19H,14-17H2,1-2H3/b13-12+/t19-/m0/s1. The Hall–Kier alpha value is -3.08. The van der Waals surface area contributed by atoms with Crippen LogP contribution in [0.15, 0.2) is 60.7 Å². The third-order valence-electron chi connectivity index (χ3n) is 4.84. The molecule has 0 N–H and O–H groups in total. The van der Waals surface area contributed by atoms with Crippen molar-refractivity contribution in [1.29, 1.82) is 0 Å². The molecule has 28 heavy (non-hydrogen) atoms. The Morgan fingerprint density at radius 3 is 2.25 bits per heavy atom. The van der Waals surface area contributed by atoms with Crippen molar-refractivity contribution in [3.8, 4) is 0 Å². The van der Waals surface area contributed by atoms with E-state index in [4.69, 9.17) is 4.74 Å². The minimum Gasteiger partial charge on any atom is -0.449 e. The fourth-order valence-corrected chi connectivity index (χ4v) is 3.19. The molecule has 0 radical (unpaired) electrons. The second-order valence-corrected chi connectivity index (χ2v) is 6.97. The van der Waals surface area contributed by atoms with Crippen molar-refractivity contribution < 1.29 is 14.3 Å². The summed E-state index contributed by atoms with van der Waals surface area (Å²) in [6.45, 7) is 6.41. The highest BCUT2D eigenvalue weighted by atomic mass is 16.5. The number of benzene rings is 2. The number of aryl methyl sites for hydroxylation is 1. The zero-order valence-electron chi connectivity index (χ0n) is 16.4. The zero-order valence-corrected chi connectivity index (χ0v) is 16.4. The number of piperazine rings is 1. The molecule has 3 rings (SSSR count). The predicted molar refractivity (Wildman–Crippen MR) is 111 cm³/mol. The molecule has 1 heterocycles. The van der Waals surface area contributed by atoms with Crippen LogP contribution in [-0.2, 0) is 14.3 Å². The molecule has 146 valence electrons. The first-order chi connectivity index (χ1) is 13.5. The highest BCUT2D eigenvalue weighted by Crippen LogP contribution is 2.16. The molecular formula is C23H26N2O3. The number of amides is 1. The van der Waals surface area contributed by atoms with Crippen LogP contribution in [0.2, 0.25) is 0 Å². The Morgan fingerprint density at radius 2 is 1.61 bits per heavy atom. The van der Waals surface area contributed by atoms with Gasteiger partial charge in [-0.3, -0.25) is 4.79 Å². The number of para-hydroxylation sites is 1. The van der Waals surface area contributed by atoms with Gasteiger partial charge in [0, 0.05) is 37.9 Å². The molecule has 0 bridgehead atoms. The summed E-state index contributed by atoms with van der Waals surface area (Å²) in [6.07, 6.45) is 2.26. The van der Waals surface area contributed by atoms with Crippen molar-refractivity contribution >= 4 is 23.6 Å². The number of nitrogens with zero attached hydrogens (tertiary/aromatic N) is 2. The van der Waals surface area contributed by atoms with Gasteiger partial charge in [-0.25, -0.2) is 4.79 Å². The van der Waals surface area contributed by atoms with Gasteiger partial charge in [0.2, 0.25) is 0 Å². The summed E-state index contributed by atoms with van der Waals surface area (Å²) in [5.74, 6) is -0.658. The smallest absolute Gasteiger partial charge is 0.331 e. The fourth-order valence-electron chi connectivity index (χ4n) is 3.19. The van der Waals surface area contributed by atoms with Crippen LogP contribution in [0.1, 0.15) is 18.1 Å². The first-order valence-corrected chi connectivity index (χ1v) is 9.57. The Bertz CT molecular complexity index is 823. The molecule has 0 unspecified atom stereocenters. The lowest BCUT2D eigenvalue weighted by molar-refractivity contribution is -0.155. The molecule has 1 saturated heterocycles. The molecule has 1 aliphatic heterocycles. The van der Waals surface area contributed by atoms with E-state index in [1.165, 1.54) is 6.08 Å². The second kappa shape index (κ2) is 9.22. The van der Waals surface area contributed by atoms with Gasteiger partial charge < -0.3 is 14.5 Å². The van der Waals surface area contributed by atoms with E-state index < -0.39 is 12.1 Å². The van der Waals surface area contributed by atoms with Gasteiger partial charge in [0.1, 0.15) is 0 Å². The van der Waals surface area contributed by atoms with Crippen LogP contribution in [0.3, 0.4) is 0 Å². The topological polar surface area (TPSA) is 49.9 Å². The van der Waals surface area contributed by atoms with Crippen molar-refractivity contribution in [1.82, 2.24) is 4.90 Å². The molecule has 0 aromatic heterocycles. The maximum atomic E-state index is 12.6. The number of hydrogen-bond acceptors (Lipinski definition) is 4. The lowest BCUT2D eigenvalue weighted by Crippen LogP contribution is -2.51. The van der Waals surface area contributed by atoms with Gasteiger partial charge in [0.25, 0.3) is 5.91 Å². The summed E-state index contributed by atoms with van der Waals surface area (Å²) in [6, 6.07) is 18.0. The van der Waals surface area contributed by atoms with Crippen LogP contribution in [0.4, 0.5) is 5.69 Å². The van der Waals surface area contributed by atoms with Gasteiger partial charge in [-0.1, -0.05) is 48.0 Å². The number of anilines is 1. The van der Waals surface area contributed by atoms with Crippen molar-refractivity contribution in [2.75, 3.05) is 31.1 Å². The first kappa shape index (κ1) is 19.7. The summed E-state index contributed by atoms with van der Waals surface area (Å²) in [4.78, 5) is 28.6. The van der Waals surface area contributed by atoms with E-state index in [0.717, 1.165) is 29.9 Å². The van der Waals surface area contributed by atoms with Crippen LogP contribution in [0.5, 0.6) is 0 Å². The summed E-state index contributed by atoms with van der Waals surface area (Å²) in [5, 5.41) is 0. The molecule has 1 amide bonds. The van der Waals surface area contributed by atoms with Gasteiger partial charge in [0.05, 0.1) is 0 Å². The molecule has 1 atom stereocenters. The normalized spacial score (nSPS) is 15.5. The van der Waals surface area contributed by atoms with Crippen molar-refractivity contribution in [2.45, 2.75) is 20.0 Å². The molecule has 2 aromatic carbocycles. The number of rotatable bonds is 5. The van der Waals surface area contributed by atoms with E-state index >= 15 is 0 Å². The van der Waals surface area contributed by atoms with Crippen LogP contribution in [0.25, 0.3) is 6.08 Å². The lowest BCUT2D eigenvalue weighted by Gasteiger charge is -2.36. The largest absolute Gasteiger partial charge is 0.449 e. The first-order valence-electron chi connectivity index (χ1n) is 9.57. The number of carbonyl (C=O) groups is 2. The predicted octanol–water partition coefficient (Wildman–Crippen LogP) is 3.29. The molecule has 0 aliphatic carbocycles. The number of carbonyl (C=O) groups excluding carboxylic acids is 2. The maximum Gasteiger partial charge on any atom is 0.331 e. The number of ether oxygens (including phenoxy) is 1. The Kier molecular flexibility index (Phi) is 6.48. The lowest BCUT2D eigenvalue weighted by atomic mass is 10.1. The fraction of sp³-hybridized carbons (Fsp3) is 0.304. The van der Waals surface area contributed by atoms with Gasteiger partial charge >= 0.3 is 5.97 Å². The van der Waals surface area contributed by atoms with Crippen molar-refractivity contribution in [2.24, 2.45) is 0 Å². The molecule has 1 fully saturated rings. The van der Waals surface area contributed by atoms with Gasteiger partial charge in [-0.05, 0) is 37.6 Å². The molecule has 0 saturated carbocycles. The Labute approximate surface area is 166 Å². The Morgan fingerprint density at radius 1 is 0.964 bits per heavy atom. The van der Waals surface area contributed by atoms with Crippen LogP contribution < -0.4 is 4.90 Å². The van der Waals surface area contributed by atoms with Crippen LogP contribution in [0, 0.1) is 6.92 Å². The van der Waals surface area contributed by atoms with Crippen molar-refractivity contribution in [3.05, 3.63) is 71.8 Å². The summed E-state index contributed by atoms with van der Waals surface area (Å²) in [7, 11) is 0. The van der Waals surface area contributed by atoms with Gasteiger partial charge in [-0.2, -0.15) is 0 Å². The van der Waals surface area contributed by atoms with E-state index in [9.17, 15) is 9.59 Å². The minimum atomic E-state index is -0.793. The molecule has 1 aliphatic rings. The van der Waals surface area contributed by atoms with E-state index in [1.807, 2.05) is 49.4 Å². The SMILES string of the molecule is Cc1ccc(/C=C/C(=O)O[C@@H](C)C(=O)N2CCN(c3ccccc3)CC2)cc1. The molecule has 2 aromatic rings. The number of esters is 1. The van der Waals surface area contributed by atoms with E-state index in [1.54, 1.807) is 17.9 Å². The Balaban J connectivity index is 1.48. The summed E-state index contributed by atoms with van der Waals surface area (Å²) < 4.78 is 5.29. The van der Waals surface area contributed by atoms with E-state index in [0.29, 0.717) is 13.1 Å². The molecule has 5 nitrogen and oxygen atoms in total. The average Bonchev–Trinajstić information content (AvgIpc) is 2.73. The number of hydrogen-bond donors (Lipinski definition) is 0. The summed E-state index contributed by atoms with van der Waals surface area (Å²) in [5.41, 5.74) is 3.24. The van der Waals surface area contributed by atoms with Gasteiger partial charge in [-0.15, -0.1) is 0 Å². The minimum absolute atomic E-state index is 0.148. The highest BCUT2D eigenvalue weighted by Gasteiger charge is 2.26. The second-order valence-electron chi connectivity index (χ2n) is 6.97. The highest BCUT2D eigenvalue weighted by molar-refractivity contribution is 5.90. The van der Waals surface area contributed by atoms with Gasteiger partial charge in [0.15, 0.2) is 6.10 Å². The zero-order chi connectivity index (χ0) is 19.9. The van der Waals surface area contributed by atoms with Crippen LogP contribution >= 0.6 is 0 Å². The van der Waals surface area contributed by atoms with E-state index in [2.05, 4.69) is 17.0 Å². The van der Waals surface area contributed by atoms with Crippen molar-refractivity contribution in [3.63, 3.8) is 0 Å². The third kappa shape index (κ3) is 5.22. The monoisotopic (exact) mass is 378 g/mol.